The van der Waals surface area contributed by atoms with Gasteiger partial charge in [-0.3, -0.25) is 0 Å². The van der Waals surface area contributed by atoms with Crippen molar-refractivity contribution >= 4 is 37.1 Å². The Bertz CT molecular complexity index is 1490. The Morgan fingerprint density at radius 1 is 0.463 bits per heavy atom. The Morgan fingerprint density at radius 3 is 1.12 bits per heavy atom. The van der Waals surface area contributed by atoms with Gasteiger partial charge < -0.3 is 0 Å². The van der Waals surface area contributed by atoms with Crippen LogP contribution in [0.4, 0.5) is 0 Å². The van der Waals surface area contributed by atoms with Crippen molar-refractivity contribution in [2.24, 2.45) is 0 Å². The maximum atomic E-state index is 2.50. The zero-order valence-electron chi connectivity index (χ0n) is 26.3. The fourth-order valence-electron chi connectivity index (χ4n) is 6.65. The second-order valence-corrected chi connectivity index (χ2v) is 17.1. The molecule has 2 heteroatoms. The van der Waals surface area contributed by atoms with Crippen LogP contribution in [0.3, 0.4) is 0 Å². The van der Waals surface area contributed by atoms with Gasteiger partial charge in [0.1, 0.15) is 0 Å². The molecule has 41 heavy (non-hydrogen) atoms. The molecule has 0 heterocycles. The third-order valence-corrected chi connectivity index (χ3v) is 13.2. The number of aryl methyl sites for hydroxylation is 8. The van der Waals surface area contributed by atoms with Gasteiger partial charge in [0.2, 0.25) is 0 Å². The summed E-state index contributed by atoms with van der Waals surface area (Å²) in [6.07, 6.45) is 5.94. The smallest absolute Gasteiger partial charge is 0.00970 e. The molecule has 0 bridgehead atoms. The van der Waals surface area contributed by atoms with Crippen LogP contribution >= 0.6 is 15.8 Å². The first-order valence-electron chi connectivity index (χ1n) is 14.8. The van der Waals surface area contributed by atoms with E-state index in [1.165, 1.54) is 65.7 Å². The van der Waals surface area contributed by atoms with E-state index in [0.717, 1.165) is 6.42 Å². The van der Waals surface area contributed by atoms with E-state index in [1.807, 2.05) is 0 Å². The Balaban J connectivity index is 1.74. The van der Waals surface area contributed by atoms with Crippen molar-refractivity contribution in [1.29, 1.82) is 0 Å². The number of allylic oxidation sites excluding steroid dienone is 4. The second-order valence-electron chi connectivity index (χ2n) is 12.3. The Hall–Kier alpha value is -2.78. The molecule has 0 fully saturated rings. The lowest BCUT2D eigenvalue weighted by Crippen LogP contribution is -2.23. The normalized spacial score (nSPS) is 14.0. The summed E-state index contributed by atoms with van der Waals surface area (Å²) in [5.41, 5.74) is 12.8. The van der Waals surface area contributed by atoms with Crippen LogP contribution < -0.4 is 21.2 Å². The summed E-state index contributed by atoms with van der Waals surface area (Å²) in [5, 5.41) is 7.57. The molecule has 1 aliphatic carbocycles. The van der Waals surface area contributed by atoms with Crippen molar-refractivity contribution in [2.45, 2.75) is 74.4 Å². The molecule has 0 radical (unpaired) electrons. The minimum Gasteiger partial charge on any atom is -0.0798 e. The van der Waals surface area contributed by atoms with E-state index in [0.29, 0.717) is 5.66 Å². The maximum Gasteiger partial charge on any atom is 0.00970 e. The first kappa shape index (κ1) is 29.7. The summed E-state index contributed by atoms with van der Waals surface area (Å²) >= 11 is 0. The summed E-state index contributed by atoms with van der Waals surface area (Å²) < 4.78 is 0. The molecule has 0 saturated carbocycles. The predicted molar refractivity (Wildman–Crippen MR) is 186 cm³/mol. The first-order chi connectivity index (χ1) is 19.5. The summed E-state index contributed by atoms with van der Waals surface area (Å²) in [6.45, 7) is 20.5. The van der Waals surface area contributed by atoms with Gasteiger partial charge in [0.05, 0.1) is 0 Å². The molecule has 0 spiro atoms. The lowest BCUT2D eigenvalue weighted by molar-refractivity contribution is 1.15. The topological polar surface area (TPSA) is 0 Å². The second kappa shape index (κ2) is 12.2. The number of benzene rings is 4. The molecular formula is C39H44P2. The van der Waals surface area contributed by atoms with Crippen molar-refractivity contribution in [3.63, 3.8) is 0 Å². The summed E-state index contributed by atoms with van der Waals surface area (Å²) in [6, 6.07) is 28.8. The molecule has 5 rings (SSSR count). The highest BCUT2D eigenvalue weighted by Gasteiger charge is 2.31. The van der Waals surface area contributed by atoms with Crippen LogP contribution in [0.15, 0.2) is 95.8 Å². The molecule has 1 atom stereocenters. The Morgan fingerprint density at radius 2 is 0.780 bits per heavy atom. The number of hydrogen-bond acceptors (Lipinski definition) is 0. The van der Waals surface area contributed by atoms with Crippen molar-refractivity contribution in [3.05, 3.63) is 140 Å². The lowest BCUT2D eigenvalue weighted by Gasteiger charge is -2.31. The van der Waals surface area contributed by atoms with Crippen molar-refractivity contribution in [1.82, 2.24) is 0 Å². The van der Waals surface area contributed by atoms with Gasteiger partial charge in [-0.05, 0) is 110 Å². The highest BCUT2D eigenvalue weighted by molar-refractivity contribution is 7.77. The predicted octanol–water partition coefficient (Wildman–Crippen LogP) is 9.32. The average molecular weight is 575 g/mol. The van der Waals surface area contributed by atoms with Gasteiger partial charge in [0.25, 0.3) is 0 Å². The molecule has 4 aromatic rings. The van der Waals surface area contributed by atoms with Crippen molar-refractivity contribution < 1.29 is 0 Å². The largest absolute Gasteiger partial charge is 0.0798 e. The van der Waals surface area contributed by atoms with E-state index in [4.69, 9.17) is 0 Å². The van der Waals surface area contributed by atoms with E-state index in [1.54, 1.807) is 10.9 Å². The van der Waals surface area contributed by atoms with Crippen LogP contribution in [0.2, 0.25) is 0 Å². The van der Waals surface area contributed by atoms with Crippen LogP contribution in [0.1, 0.15) is 57.9 Å². The van der Waals surface area contributed by atoms with Crippen LogP contribution in [0, 0.1) is 55.4 Å². The minimum absolute atomic E-state index is 0.406. The van der Waals surface area contributed by atoms with Gasteiger partial charge >= 0.3 is 0 Å². The summed E-state index contributed by atoms with van der Waals surface area (Å²) in [7, 11) is -1.25. The zero-order valence-corrected chi connectivity index (χ0v) is 28.1. The lowest BCUT2D eigenvalue weighted by atomic mass is 10.2. The molecule has 0 aromatic heterocycles. The highest BCUT2D eigenvalue weighted by atomic mass is 31.1. The van der Waals surface area contributed by atoms with Crippen molar-refractivity contribution in [3.8, 4) is 0 Å². The van der Waals surface area contributed by atoms with Gasteiger partial charge in [-0.2, -0.15) is 0 Å². The van der Waals surface area contributed by atoms with Gasteiger partial charge in [0.15, 0.2) is 0 Å². The van der Waals surface area contributed by atoms with Gasteiger partial charge in [-0.25, -0.2) is 0 Å². The fourth-order valence-corrected chi connectivity index (χ4v) is 12.9. The molecule has 210 valence electrons. The highest BCUT2D eigenvalue weighted by Crippen LogP contribution is 2.54. The third kappa shape index (κ3) is 6.67. The average Bonchev–Trinajstić information content (AvgIpc) is 3.31. The molecule has 0 saturated heterocycles. The molecule has 1 aliphatic rings. The van der Waals surface area contributed by atoms with Crippen LogP contribution in [-0.2, 0) is 0 Å². The van der Waals surface area contributed by atoms with E-state index in [2.05, 4.69) is 147 Å². The zero-order chi connectivity index (χ0) is 29.4. The molecule has 0 aliphatic heterocycles. The van der Waals surface area contributed by atoms with E-state index in [-0.39, 0.29) is 0 Å². The molecule has 0 nitrogen and oxygen atoms in total. The first-order valence-corrected chi connectivity index (χ1v) is 17.6. The quantitative estimate of drug-likeness (QED) is 0.193. The molecule has 0 N–H and O–H groups in total. The molecule has 0 amide bonds. The van der Waals surface area contributed by atoms with Crippen LogP contribution in [-0.4, -0.2) is 5.66 Å². The Labute approximate surface area is 251 Å². The standard InChI is InChI=1S/C39H44P2/c1-25-13-26(2)18-34(17-25)40(35-19-27(3)14-28(4)20-35)33(9)38-11-10-12-39(38)41(36-21-29(5)15-30(6)22-36)37-23-31(7)16-32(8)24-37/h10-11,13-24,33H,12H2,1-9H3. The molecular weight excluding hydrogens is 530 g/mol. The number of rotatable bonds is 7. The van der Waals surface area contributed by atoms with Gasteiger partial charge in [-0.15, -0.1) is 0 Å². The SMILES string of the molecule is Cc1cc(C)cc(P(C2=C(C(C)P(c3cc(C)cc(C)c3)c3cc(C)cc(C)c3)C=CC2)c2cc(C)cc(C)c2)c1. The van der Waals surface area contributed by atoms with Gasteiger partial charge in [0, 0.05) is 5.66 Å². The monoisotopic (exact) mass is 574 g/mol. The maximum absolute atomic E-state index is 2.50. The van der Waals surface area contributed by atoms with Crippen molar-refractivity contribution in [2.75, 3.05) is 0 Å². The van der Waals surface area contributed by atoms with E-state index in [9.17, 15) is 0 Å². The van der Waals surface area contributed by atoms with E-state index < -0.39 is 15.8 Å². The number of hydrogen-bond donors (Lipinski definition) is 0. The van der Waals surface area contributed by atoms with Crippen LogP contribution in [0.25, 0.3) is 0 Å². The molecule has 4 aromatic carbocycles. The summed E-state index contributed by atoms with van der Waals surface area (Å²) in [5.74, 6) is 0. The van der Waals surface area contributed by atoms with E-state index >= 15 is 0 Å². The van der Waals surface area contributed by atoms with Crippen LogP contribution in [0.5, 0.6) is 0 Å². The Kier molecular flexibility index (Phi) is 8.85. The fraction of sp³-hybridized carbons (Fsp3) is 0.282. The molecule has 1 unspecified atom stereocenters. The minimum atomic E-state index is -0.649. The third-order valence-electron chi connectivity index (χ3n) is 7.95. The van der Waals surface area contributed by atoms with Gasteiger partial charge in [-0.1, -0.05) is 136 Å². The summed E-state index contributed by atoms with van der Waals surface area (Å²) in [4.78, 5) is 0.